The predicted molar refractivity (Wildman–Crippen MR) is 165 cm³/mol. The number of rotatable bonds is 2. The van der Waals surface area contributed by atoms with E-state index in [-0.39, 0.29) is 6.98 Å². The van der Waals surface area contributed by atoms with Crippen LogP contribution in [0.4, 0.5) is 22.9 Å². The number of hydrogen-bond acceptors (Lipinski definition) is 4. The van der Waals surface area contributed by atoms with Gasteiger partial charge in [0.15, 0.2) is 0 Å². The first-order chi connectivity index (χ1) is 19.4. The molecule has 0 fully saturated rings. The zero-order chi connectivity index (χ0) is 25.5. The maximum atomic E-state index is 6.68. The van der Waals surface area contributed by atoms with Gasteiger partial charge >= 0.3 is 6.98 Å². The number of nitrogens with zero attached hydrogens (tertiary/aromatic N) is 2. The van der Waals surface area contributed by atoms with Crippen LogP contribution in [0, 0.1) is 0 Å². The molecule has 182 valence electrons. The first-order valence-electron chi connectivity index (χ1n) is 13.2. The van der Waals surface area contributed by atoms with Crippen molar-refractivity contribution in [2.45, 2.75) is 0 Å². The van der Waals surface area contributed by atoms with Gasteiger partial charge < -0.3 is 14.0 Å². The van der Waals surface area contributed by atoms with Gasteiger partial charge in [-0.2, -0.15) is 0 Å². The molecule has 39 heavy (non-hydrogen) atoms. The maximum absolute atomic E-state index is 6.68. The van der Waals surface area contributed by atoms with Crippen LogP contribution < -0.4 is 14.4 Å². The molecule has 4 heterocycles. The predicted octanol–water partition coefficient (Wildman–Crippen LogP) is 8.98. The van der Waals surface area contributed by atoms with Crippen molar-refractivity contribution in [1.29, 1.82) is 0 Å². The molecule has 0 saturated heterocycles. The van der Waals surface area contributed by atoms with Gasteiger partial charge in [-0.25, -0.2) is 0 Å². The van der Waals surface area contributed by atoms with E-state index in [0.717, 1.165) is 28.2 Å². The van der Waals surface area contributed by atoms with Crippen molar-refractivity contribution >= 4 is 67.1 Å². The van der Waals surface area contributed by atoms with Crippen LogP contribution in [-0.2, 0) is 0 Å². The molecule has 3 nitrogen and oxygen atoms in total. The number of furan rings is 1. The lowest BCUT2D eigenvalue weighted by Crippen LogP contribution is -2.54. The number of fused-ring (bicyclic) bond motifs is 12. The van der Waals surface area contributed by atoms with Crippen LogP contribution >= 0.6 is 11.3 Å². The third-order valence-electron chi connectivity index (χ3n) is 8.02. The molecule has 0 unspecified atom stereocenters. The van der Waals surface area contributed by atoms with Crippen LogP contribution in [0.1, 0.15) is 0 Å². The van der Waals surface area contributed by atoms with Crippen molar-refractivity contribution in [3.8, 4) is 22.3 Å². The Morgan fingerprint density at radius 3 is 2.28 bits per heavy atom. The average molecular weight is 516 g/mol. The highest BCUT2D eigenvalue weighted by atomic mass is 32.1. The molecule has 2 aliphatic heterocycles. The molecule has 7 aromatic rings. The highest BCUT2D eigenvalue weighted by molar-refractivity contribution is 7.31. The molecule has 5 heteroatoms. The summed E-state index contributed by atoms with van der Waals surface area (Å²) in [4.78, 5) is 4.91. The van der Waals surface area contributed by atoms with Gasteiger partial charge in [0.05, 0.1) is 0 Å². The SMILES string of the molecule is c1ccc(-c2cccc(N3B4c5sc6ccccc6c5-c5ccccc5N4c4oc5ccccc5c43)c2)cc1. The summed E-state index contributed by atoms with van der Waals surface area (Å²) in [6, 6.07) is 45.5. The fourth-order valence-electron chi connectivity index (χ4n) is 6.39. The van der Waals surface area contributed by atoms with E-state index in [0.29, 0.717) is 0 Å². The summed E-state index contributed by atoms with van der Waals surface area (Å²) in [6.45, 7) is -0.0447. The summed E-state index contributed by atoms with van der Waals surface area (Å²) in [6.07, 6.45) is 0. The van der Waals surface area contributed by atoms with Gasteiger partial charge in [-0.15, -0.1) is 11.3 Å². The normalized spacial score (nSPS) is 13.5. The van der Waals surface area contributed by atoms with Gasteiger partial charge in [0.1, 0.15) is 11.3 Å². The summed E-state index contributed by atoms with van der Waals surface area (Å²) in [5, 5.41) is 2.45. The van der Waals surface area contributed by atoms with Crippen LogP contribution in [0.5, 0.6) is 0 Å². The molecule has 0 radical (unpaired) electrons. The molecule has 2 aliphatic rings. The van der Waals surface area contributed by atoms with Gasteiger partial charge in [0, 0.05) is 37.4 Å². The smallest absolute Gasteiger partial charge is 0.434 e. The summed E-state index contributed by atoms with van der Waals surface area (Å²) < 4.78 is 9.34. The lowest BCUT2D eigenvalue weighted by Gasteiger charge is -2.34. The van der Waals surface area contributed by atoms with Crippen molar-refractivity contribution in [2.24, 2.45) is 0 Å². The molecule has 5 aromatic carbocycles. The Balaban J connectivity index is 1.37. The minimum atomic E-state index is -0.0447. The van der Waals surface area contributed by atoms with Gasteiger partial charge in [-0.1, -0.05) is 91.0 Å². The second-order valence-electron chi connectivity index (χ2n) is 10.1. The highest BCUT2D eigenvalue weighted by Crippen LogP contribution is 2.56. The van der Waals surface area contributed by atoms with Crippen LogP contribution in [0.25, 0.3) is 43.3 Å². The van der Waals surface area contributed by atoms with E-state index in [1.54, 1.807) is 0 Å². The molecule has 0 bridgehead atoms. The van der Waals surface area contributed by atoms with E-state index in [1.165, 1.54) is 42.8 Å². The van der Waals surface area contributed by atoms with Crippen molar-refractivity contribution < 1.29 is 4.42 Å². The van der Waals surface area contributed by atoms with Gasteiger partial charge in [-0.05, 0) is 52.9 Å². The lowest BCUT2D eigenvalue weighted by atomic mass is 9.64. The van der Waals surface area contributed by atoms with Crippen LogP contribution in [0.2, 0.25) is 0 Å². The van der Waals surface area contributed by atoms with E-state index >= 15 is 0 Å². The fraction of sp³-hybridized carbons (Fsp3) is 0. The largest absolute Gasteiger partial charge is 0.439 e. The Hall–Kier alpha value is -4.74. The second kappa shape index (κ2) is 7.89. The second-order valence-corrected chi connectivity index (χ2v) is 11.2. The molecule has 0 aliphatic carbocycles. The average Bonchev–Trinajstić information content (AvgIpc) is 3.67. The summed E-state index contributed by atoms with van der Waals surface area (Å²) in [5.74, 6) is 0.905. The third-order valence-corrected chi connectivity index (χ3v) is 9.23. The lowest BCUT2D eigenvalue weighted by molar-refractivity contribution is 0.628. The number of anilines is 4. The van der Waals surface area contributed by atoms with E-state index in [4.69, 9.17) is 4.42 Å². The van der Waals surface area contributed by atoms with E-state index < -0.39 is 0 Å². The molecule has 0 amide bonds. The minimum absolute atomic E-state index is 0.0447. The Kier molecular flexibility index (Phi) is 4.29. The number of para-hydroxylation sites is 2. The summed E-state index contributed by atoms with van der Waals surface area (Å²) in [5.41, 5.74) is 9.38. The quantitative estimate of drug-likeness (QED) is 0.214. The minimum Gasteiger partial charge on any atom is -0.439 e. The topological polar surface area (TPSA) is 19.6 Å². The molecule has 9 rings (SSSR count). The first-order valence-corrected chi connectivity index (χ1v) is 14.0. The Bertz CT molecular complexity index is 2060. The van der Waals surface area contributed by atoms with Crippen LogP contribution in [0.15, 0.2) is 132 Å². The molecule has 2 aromatic heterocycles. The molecular weight excluding hydrogens is 495 g/mol. The zero-order valence-corrected chi connectivity index (χ0v) is 21.7. The van der Waals surface area contributed by atoms with Crippen molar-refractivity contribution in [3.63, 3.8) is 0 Å². The first kappa shape index (κ1) is 21.2. The molecule has 0 saturated carbocycles. The van der Waals surface area contributed by atoms with Gasteiger partial charge in [0.25, 0.3) is 0 Å². The monoisotopic (exact) mass is 516 g/mol. The molecular formula is C34H21BN2OS. The molecule has 0 spiro atoms. The maximum Gasteiger partial charge on any atom is 0.434 e. The standard InChI is InChI=1S/C34H21BN2OS/c1-2-11-22(12-3-1)23-13-10-14-24(21-23)36-32-26-16-5-8-19-29(26)38-34(32)37-28-18-7-4-15-25(28)31-27-17-6-9-20-30(27)39-33(31)35(36)37/h1-21H. The Morgan fingerprint density at radius 1 is 0.615 bits per heavy atom. The van der Waals surface area contributed by atoms with E-state index in [9.17, 15) is 0 Å². The third kappa shape index (κ3) is 2.88. The van der Waals surface area contributed by atoms with Gasteiger partial charge in [0.2, 0.25) is 5.88 Å². The molecule has 0 N–H and O–H groups in total. The fourth-order valence-corrected chi connectivity index (χ4v) is 7.70. The number of thiophene rings is 1. The highest BCUT2D eigenvalue weighted by Gasteiger charge is 2.52. The molecule has 0 atom stereocenters. The number of hydrogen-bond donors (Lipinski definition) is 0. The van der Waals surface area contributed by atoms with Crippen molar-refractivity contribution in [3.05, 3.63) is 127 Å². The summed E-state index contributed by atoms with van der Waals surface area (Å²) >= 11 is 1.89. The van der Waals surface area contributed by atoms with Crippen LogP contribution in [-0.4, -0.2) is 6.98 Å². The van der Waals surface area contributed by atoms with Crippen molar-refractivity contribution in [1.82, 2.24) is 0 Å². The van der Waals surface area contributed by atoms with Gasteiger partial charge in [-0.3, -0.25) is 0 Å². The zero-order valence-electron chi connectivity index (χ0n) is 20.9. The summed E-state index contributed by atoms with van der Waals surface area (Å²) in [7, 11) is 0. The van der Waals surface area contributed by atoms with Crippen LogP contribution in [0.3, 0.4) is 0 Å². The van der Waals surface area contributed by atoms with Crippen molar-refractivity contribution in [2.75, 3.05) is 9.62 Å². The number of benzene rings is 5. The van der Waals surface area contributed by atoms with E-state index in [1.807, 2.05) is 17.4 Å². The Labute approximate surface area is 230 Å². The van der Waals surface area contributed by atoms with E-state index in [2.05, 4.69) is 131 Å². The Morgan fingerprint density at radius 2 is 1.36 bits per heavy atom.